The molecule has 1 aromatic rings. The number of nitrogens with one attached hydrogen (secondary N) is 1. The zero-order valence-corrected chi connectivity index (χ0v) is 10.5. The first-order valence-electron chi connectivity index (χ1n) is 6.16. The summed E-state index contributed by atoms with van der Waals surface area (Å²) < 4.78 is 0. The maximum absolute atomic E-state index is 11.6. The van der Waals surface area contributed by atoms with Crippen LogP contribution >= 0.6 is 0 Å². The van der Waals surface area contributed by atoms with Crippen molar-refractivity contribution >= 4 is 17.3 Å². The highest BCUT2D eigenvalue weighted by Gasteiger charge is 2.19. The maximum atomic E-state index is 11.6. The lowest BCUT2D eigenvalue weighted by molar-refractivity contribution is 0.0963. The van der Waals surface area contributed by atoms with Crippen LogP contribution in [0.5, 0.6) is 0 Å². The lowest BCUT2D eigenvalue weighted by Crippen LogP contribution is -2.36. The van der Waals surface area contributed by atoms with Gasteiger partial charge in [0, 0.05) is 25.7 Å². The van der Waals surface area contributed by atoms with Gasteiger partial charge in [0.25, 0.3) is 5.91 Å². The van der Waals surface area contributed by atoms with Crippen LogP contribution in [0.15, 0.2) is 18.2 Å². The monoisotopic (exact) mass is 249 g/mol. The molecule has 1 fully saturated rings. The largest absolute Gasteiger partial charge is 0.397 e. The van der Waals surface area contributed by atoms with Gasteiger partial charge in [0.2, 0.25) is 0 Å². The average Bonchev–Trinajstić information content (AvgIpc) is 2.39. The number of nitrogen functional groups attached to an aromatic ring is 1. The van der Waals surface area contributed by atoms with Crippen molar-refractivity contribution in [3.05, 3.63) is 23.8 Å². The van der Waals surface area contributed by atoms with Crippen LogP contribution in [0.4, 0.5) is 11.4 Å². The van der Waals surface area contributed by atoms with E-state index in [-0.39, 0.29) is 12.0 Å². The number of carbonyl (C=O) groups is 1. The molecule has 1 aliphatic rings. The van der Waals surface area contributed by atoms with E-state index in [0.717, 1.165) is 31.6 Å². The van der Waals surface area contributed by atoms with Crippen molar-refractivity contribution in [1.29, 1.82) is 0 Å². The second-order valence-electron chi connectivity index (χ2n) is 4.57. The van der Waals surface area contributed by atoms with E-state index in [1.807, 2.05) is 6.07 Å². The van der Waals surface area contributed by atoms with E-state index in [2.05, 4.69) is 10.2 Å². The standard InChI is InChI=1S/C13H19N3O2/c1-15-13(18)9-2-3-11(14)12(8-9)16-6-4-10(17)5-7-16/h2-3,8,10,17H,4-7,14H2,1H3,(H,15,18). The van der Waals surface area contributed by atoms with Crippen molar-refractivity contribution in [3.8, 4) is 0 Å². The smallest absolute Gasteiger partial charge is 0.251 e. The van der Waals surface area contributed by atoms with E-state index < -0.39 is 0 Å². The molecule has 5 heteroatoms. The van der Waals surface area contributed by atoms with Gasteiger partial charge in [-0.2, -0.15) is 0 Å². The van der Waals surface area contributed by atoms with Crippen molar-refractivity contribution in [2.45, 2.75) is 18.9 Å². The SMILES string of the molecule is CNC(=O)c1ccc(N)c(N2CCC(O)CC2)c1. The Kier molecular flexibility index (Phi) is 3.72. The van der Waals surface area contributed by atoms with Gasteiger partial charge in [-0.15, -0.1) is 0 Å². The highest BCUT2D eigenvalue weighted by Crippen LogP contribution is 2.27. The summed E-state index contributed by atoms with van der Waals surface area (Å²) in [5.74, 6) is -0.117. The number of nitrogens with zero attached hydrogens (tertiary/aromatic N) is 1. The number of nitrogens with two attached hydrogens (primary N) is 1. The van der Waals surface area contributed by atoms with Crippen LogP contribution in [0.2, 0.25) is 0 Å². The summed E-state index contributed by atoms with van der Waals surface area (Å²) in [5, 5.41) is 12.1. The Labute approximate surface area is 107 Å². The number of carbonyl (C=O) groups excluding carboxylic acids is 1. The number of amides is 1. The first-order valence-corrected chi connectivity index (χ1v) is 6.16. The molecule has 98 valence electrons. The van der Waals surface area contributed by atoms with Crippen molar-refractivity contribution in [1.82, 2.24) is 5.32 Å². The number of aliphatic hydroxyl groups is 1. The van der Waals surface area contributed by atoms with E-state index in [1.54, 1.807) is 19.2 Å². The summed E-state index contributed by atoms with van der Waals surface area (Å²) in [6.07, 6.45) is 1.26. The highest BCUT2D eigenvalue weighted by atomic mass is 16.3. The van der Waals surface area contributed by atoms with Gasteiger partial charge < -0.3 is 21.1 Å². The summed E-state index contributed by atoms with van der Waals surface area (Å²) in [6, 6.07) is 5.28. The van der Waals surface area contributed by atoms with Gasteiger partial charge in [0.15, 0.2) is 0 Å². The maximum Gasteiger partial charge on any atom is 0.251 e. The van der Waals surface area contributed by atoms with Crippen LogP contribution in [-0.4, -0.2) is 37.3 Å². The molecule has 1 amide bonds. The summed E-state index contributed by atoms with van der Waals surface area (Å²) in [4.78, 5) is 13.7. The van der Waals surface area contributed by atoms with Crippen LogP contribution in [0, 0.1) is 0 Å². The third-order valence-corrected chi connectivity index (χ3v) is 3.32. The number of hydrogen-bond acceptors (Lipinski definition) is 4. The minimum atomic E-state index is -0.218. The summed E-state index contributed by atoms with van der Waals surface area (Å²) in [6.45, 7) is 1.53. The van der Waals surface area contributed by atoms with E-state index >= 15 is 0 Å². The minimum Gasteiger partial charge on any atom is -0.397 e. The first-order chi connectivity index (χ1) is 8.61. The summed E-state index contributed by atoms with van der Waals surface area (Å²) >= 11 is 0. The van der Waals surface area contributed by atoms with Crippen molar-refractivity contribution in [3.63, 3.8) is 0 Å². The molecule has 4 N–H and O–H groups in total. The Hall–Kier alpha value is -1.75. The molecule has 1 heterocycles. The summed E-state index contributed by atoms with van der Waals surface area (Å²) in [7, 11) is 1.61. The Bertz CT molecular complexity index is 440. The number of rotatable bonds is 2. The molecule has 0 saturated carbocycles. The van der Waals surface area contributed by atoms with Crippen molar-refractivity contribution in [2.24, 2.45) is 0 Å². The molecule has 0 bridgehead atoms. The highest BCUT2D eigenvalue weighted by molar-refractivity contribution is 5.96. The second kappa shape index (κ2) is 5.27. The van der Waals surface area contributed by atoms with E-state index in [0.29, 0.717) is 11.3 Å². The van der Waals surface area contributed by atoms with Gasteiger partial charge in [-0.3, -0.25) is 4.79 Å². The molecule has 0 spiro atoms. The molecule has 0 aliphatic carbocycles. The minimum absolute atomic E-state index is 0.117. The fourth-order valence-corrected chi connectivity index (χ4v) is 2.21. The van der Waals surface area contributed by atoms with Crippen LogP contribution in [0.3, 0.4) is 0 Å². The topological polar surface area (TPSA) is 78.6 Å². The Balaban J connectivity index is 2.23. The molecule has 0 radical (unpaired) electrons. The number of piperidine rings is 1. The number of aliphatic hydroxyl groups excluding tert-OH is 1. The number of anilines is 2. The summed E-state index contributed by atoms with van der Waals surface area (Å²) in [5.41, 5.74) is 8.11. The van der Waals surface area contributed by atoms with Crippen molar-refractivity contribution < 1.29 is 9.90 Å². The lowest BCUT2D eigenvalue weighted by Gasteiger charge is -2.32. The van der Waals surface area contributed by atoms with Crippen molar-refractivity contribution in [2.75, 3.05) is 30.8 Å². The van der Waals surface area contributed by atoms with Gasteiger partial charge in [0.1, 0.15) is 0 Å². The Morgan fingerprint density at radius 3 is 2.72 bits per heavy atom. The van der Waals surface area contributed by atoms with Gasteiger partial charge in [-0.05, 0) is 31.0 Å². The zero-order valence-electron chi connectivity index (χ0n) is 10.5. The molecule has 0 unspecified atom stereocenters. The van der Waals surface area contributed by atoms with Crippen LogP contribution in [0.25, 0.3) is 0 Å². The van der Waals surface area contributed by atoms with Crippen LogP contribution < -0.4 is 16.0 Å². The van der Waals surface area contributed by atoms with Crippen LogP contribution in [0.1, 0.15) is 23.2 Å². The quantitative estimate of drug-likeness (QED) is 0.670. The molecular weight excluding hydrogens is 230 g/mol. The zero-order chi connectivity index (χ0) is 13.1. The van der Waals surface area contributed by atoms with Gasteiger partial charge in [0.05, 0.1) is 17.5 Å². The predicted molar refractivity (Wildman–Crippen MR) is 71.7 cm³/mol. The Morgan fingerprint density at radius 2 is 2.11 bits per heavy atom. The third kappa shape index (κ3) is 2.56. The molecule has 1 saturated heterocycles. The predicted octanol–water partition coefficient (Wildman–Crippen LogP) is 0.589. The molecule has 2 rings (SSSR count). The molecule has 5 nitrogen and oxygen atoms in total. The fourth-order valence-electron chi connectivity index (χ4n) is 2.21. The number of benzene rings is 1. The normalized spacial score (nSPS) is 16.7. The van der Waals surface area contributed by atoms with E-state index in [1.165, 1.54) is 0 Å². The first kappa shape index (κ1) is 12.7. The lowest BCUT2D eigenvalue weighted by atomic mass is 10.1. The number of hydrogen-bond donors (Lipinski definition) is 3. The molecule has 1 aromatic carbocycles. The average molecular weight is 249 g/mol. The van der Waals surface area contributed by atoms with Gasteiger partial charge in [-0.1, -0.05) is 0 Å². The van der Waals surface area contributed by atoms with Gasteiger partial charge >= 0.3 is 0 Å². The van der Waals surface area contributed by atoms with E-state index in [9.17, 15) is 9.90 Å². The second-order valence-corrected chi connectivity index (χ2v) is 4.57. The molecule has 1 aliphatic heterocycles. The van der Waals surface area contributed by atoms with E-state index in [4.69, 9.17) is 5.73 Å². The Morgan fingerprint density at radius 1 is 1.44 bits per heavy atom. The third-order valence-electron chi connectivity index (χ3n) is 3.32. The molecule has 18 heavy (non-hydrogen) atoms. The molecule has 0 atom stereocenters. The van der Waals surface area contributed by atoms with Gasteiger partial charge in [-0.25, -0.2) is 0 Å². The molecule has 0 aromatic heterocycles. The van der Waals surface area contributed by atoms with Crippen LogP contribution in [-0.2, 0) is 0 Å². The molecular formula is C13H19N3O2. The fraction of sp³-hybridized carbons (Fsp3) is 0.462.